The van der Waals surface area contributed by atoms with Crippen molar-refractivity contribution in [3.63, 3.8) is 0 Å². The minimum atomic E-state index is -0.294. The first-order chi connectivity index (χ1) is 8.10. The van der Waals surface area contributed by atoms with Crippen molar-refractivity contribution < 1.29 is 9.53 Å². The minimum absolute atomic E-state index is 0.211. The third-order valence-electron chi connectivity index (χ3n) is 2.13. The number of halogens is 1. The number of hydrogen-bond donors (Lipinski definition) is 1. The molecule has 2 rings (SSSR count). The van der Waals surface area contributed by atoms with Crippen molar-refractivity contribution in [1.29, 1.82) is 0 Å². The third kappa shape index (κ3) is 2.70. The molecular formula is C10H10ClN3O2S. The number of ether oxygens (including phenoxy) is 1. The number of imidazole rings is 1. The highest BCUT2D eigenvalue weighted by atomic mass is 35.5. The Morgan fingerprint density at radius 2 is 2.35 bits per heavy atom. The molecule has 1 N–H and O–H groups in total. The van der Waals surface area contributed by atoms with Crippen LogP contribution in [0.5, 0.6) is 0 Å². The summed E-state index contributed by atoms with van der Waals surface area (Å²) in [5.74, 6) is -0.0825. The summed E-state index contributed by atoms with van der Waals surface area (Å²) >= 11 is 7.22. The van der Waals surface area contributed by atoms with Gasteiger partial charge in [-0.2, -0.15) is 0 Å². The Balaban J connectivity index is 2.23. The lowest BCUT2D eigenvalue weighted by Gasteiger charge is -1.95. The molecule has 7 heteroatoms. The maximum absolute atomic E-state index is 11.0. The highest BCUT2D eigenvalue weighted by Gasteiger charge is 2.09. The molecule has 0 spiro atoms. The van der Waals surface area contributed by atoms with Crippen molar-refractivity contribution in [2.75, 3.05) is 12.9 Å². The Morgan fingerprint density at radius 1 is 1.59 bits per heavy atom. The second-order valence-corrected chi connectivity index (χ2v) is 4.70. The molecule has 0 bridgehead atoms. The number of pyridine rings is 1. The van der Waals surface area contributed by atoms with Gasteiger partial charge >= 0.3 is 5.97 Å². The first kappa shape index (κ1) is 12.2. The summed E-state index contributed by atoms with van der Waals surface area (Å²) in [6, 6.07) is 1.77. The summed E-state index contributed by atoms with van der Waals surface area (Å²) in [6.07, 6.45) is 0. The molecule has 5 nitrogen and oxygen atoms in total. The van der Waals surface area contributed by atoms with E-state index >= 15 is 0 Å². The first-order valence-corrected chi connectivity index (χ1v) is 6.19. The van der Waals surface area contributed by atoms with Crippen LogP contribution in [-0.4, -0.2) is 33.8 Å². The van der Waals surface area contributed by atoms with Crippen LogP contribution in [0.3, 0.4) is 0 Å². The number of hydrogen-bond acceptors (Lipinski definition) is 5. The average molecular weight is 272 g/mol. The van der Waals surface area contributed by atoms with Gasteiger partial charge in [0.1, 0.15) is 0 Å². The van der Waals surface area contributed by atoms with Crippen LogP contribution in [0.25, 0.3) is 11.2 Å². The van der Waals surface area contributed by atoms with Gasteiger partial charge in [0.2, 0.25) is 0 Å². The fraction of sp³-hybridized carbons (Fsp3) is 0.300. The highest BCUT2D eigenvalue weighted by molar-refractivity contribution is 7.99. The Morgan fingerprint density at radius 3 is 3.06 bits per heavy atom. The summed E-state index contributed by atoms with van der Waals surface area (Å²) < 4.78 is 4.55. The lowest BCUT2D eigenvalue weighted by atomic mass is 10.3. The molecule has 0 aliphatic rings. The van der Waals surface area contributed by atoms with E-state index in [2.05, 4.69) is 19.7 Å². The SMILES string of the molecule is COC(=O)CSc1nc2nc(C)c(Cl)cc2[nH]1. The van der Waals surface area contributed by atoms with Gasteiger partial charge in [-0.15, -0.1) is 0 Å². The van der Waals surface area contributed by atoms with Crippen LogP contribution >= 0.6 is 23.4 Å². The summed E-state index contributed by atoms with van der Waals surface area (Å²) in [5, 5.41) is 1.21. The predicted octanol–water partition coefficient (Wildman–Crippen LogP) is 2.18. The summed E-state index contributed by atoms with van der Waals surface area (Å²) in [4.78, 5) is 22.5. The average Bonchev–Trinajstić information content (AvgIpc) is 2.68. The molecule has 0 saturated heterocycles. The van der Waals surface area contributed by atoms with Gasteiger partial charge in [-0.05, 0) is 13.0 Å². The zero-order valence-corrected chi connectivity index (χ0v) is 10.9. The summed E-state index contributed by atoms with van der Waals surface area (Å²) in [5.41, 5.74) is 2.09. The number of nitrogens with zero attached hydrogens (tertiary/aromatic N) is 2. The number of aromatic amines is 1. The molecule has 0 aliphatic heterocycles. The Bertz CT molecular complexity index is 531. The van der Waals surface area contributed by atoms with Crippen molar-refractivity contribution in [2.24, 2.45) is 0 Å². The molecule has 0 saturated carbocycles. The number of carbonyl (C=O) groups is 1. The van der Waals surface area contributed by atoms with Crippen LogP contribution in [0.4, 0.5) is 0 Å². The molecule has 0 fully saturated rings. The van der Waals surface area contributed by atoms with Gasteiger partial charge in [0.05, 0.1) is 29.1 Å². The van der Waals surface area contributed by atoms with E-state index < -0.39 is 0 Å². The maximum Gasteiger partial charge on any atom is 0.316 e. The molecule has 0 amide bonds. The molecule has 2 aromatic rings. The number of nitrogens with one attached hydrogen (secondary N) is 1. The number of methoxy groups -OCH3 is 1. The van der Waals surface area contributed by atoms with Crippen molar-refractivity contribution >= 4 is 40.5 Å². The van der Waals surface area contributed by atoms with Gasteiger partial charge in [0, 0.05) is 0 Å². The molecule has 0 aliphatic carbocycles. The number of carbonyl (C=O) groups excluding carboxylic acids is 1. The molecule has 0 radical (unpaired) electrons. The number of thioether (sulfide) groups is 1. The second kappa shape index (κ2) is 4.93. The van der Waals surface area contributed by atoms with Gasteiger partial charge < -0.3 is 9.72 Å². The van der Waals surface area contributed by atoms with Crippen LogP contribution < -0.4 is 0 Å². The van der Waals surface area contributed by atoms with E-state index in [0.29, 0.717) is 15.8 Å². The second-order valence-electron chi connectivity index (χ2n) is 3.33. The van der Waals surface area contributed by atoms with Crippen LogP contribution in [0.15, 0.2) is 11.2 Å². The standard InChI is InChI=1S/C10H10ClN3O2S/c1-5-6(11)3-7-9(12-5)14-10(13-7)17-4-8(15)16-2/h3H,4H2,1-2H3,(H,12,13,14). The monoisotopic (exact) mass is 271 g/mol. The molecule has 17 heavy (non-hydrogen) atoms. The topological polar surface area (TPSA) is 67.9 Å². The molecule has 0 atom stereocenters. The molecule has 90 valence electrons. The Labute approximate surface area is 107 Å². The number of esters is 1. The van der Waals surface area contributed by atoms with Gasteiger partial charge in [-0.3, -0.25) is 4.79 Å². The van der Waals surface area contributed by atoms with Crippen molar-refractivity contribution in [1.82, 2.24) is 15.0 Å². The van der Waals surface area contributed by atoms with Gasteiger partial charge in [-0.1, -0.05) is 23.4 Å². The molecule has 0 unspecified atom stereocenters. The van der Waals surface area contributed by atoms with Crippen molar-refractivity contribution in [3.05, 3.63) is 16.8 Å². The normalized spacial score (nSPS) is 10.8. The minimum Gasteiger partial charge on any atom is -0.468 e. The predicted molar refractivity (Wildman–Crippen MR) is 66.4 cm³/mol. The smallest absolute Gasteiger partial charge is 0.316 e. The maximum atomic E-state index is 11.0. The van der Waals surface area contributed by atoms with E-state index in [0.717, 1.165) is 11.2 Å². The Kier molecular flexibility index (Phi) is 3.54. The third-order valence-corrected chi connectivity index (χ3v) is 3.36. The quantitative estimate of drug-likeness (QED) is 0.685. The van der Waals surface area contributed by atoms with E-state index in [1.807, 2.05) is 6.92 Å². The fourth-order valence-corrected chi connectivity index (χ4v) is 2.10. The fourth-order valence-electron chi connectivity index (χ4n) is 1.24. The van der Waals surface area contributed by atoms with Crippen LogP contribution in [0, 0.1) is 6.92 Å². The van der Waals surface area contributed by atoms with E-state index in [1.165, 1.54) is 18.9 Å². The number of H-pyrrole nitrogens is 1. The zero-order valence-electron chi connectivity index (χ0n) is 9.28. The van der Waals surface area contributed by atoms with Crippen LogP contribution in [0.1, 0.15) is 5.69 Å². The molecule has 0 aromatic carbocycles. The van der Waals surface area contributed by atoms with E-state index in [1.54, 1.807) is 6.07 Å². The van der Waals surface area contributed by atoms with Crippen LogP contribution in [0.2, 0.25) is 5.02 Å². The van der Waals surface area contributed by atoms with E-state index in [4.69, 9.17) is 11.6 Å². The number of fused-ring (bicyclic) bond motifs is 1. The van der Waals surface area contributed by atoms with Crippen molar-refractivity contribution in [3.8, 4) is 0 Å². The number of rotatable bonds is 3. The van der Waals surface area contributed by atoms with Gasteiger partial charge in [0.15, 0.2) is 10.8 Å². The van der Waals surface area contributed by atoms with Gasteiger partial charge in [0.25, 0.3) is 0 Å². The molecule has 2 heterocycles. The van der Waals surface area contributed by atoms with E-state index in [-0.39, 0.29) is 11.7 Å². The van der Waals surface area contributed by atoms with Gasteiger partial charge in [-0.25, -0.2) is 9.97 Å². The zero-order chi connectivity index (χ0) is 12.4. The summed E-state index contributed by atoms with van der Waals surface area (Å²) in [6.45, 7) is 1.82. The van der Waals surface area contributed by atoms with Crippen LogP contribution in [-0.2, 0) is 9.53 Å². The number of aryl methyl sites for hydroxylation is 1. The first-order valence-electron chi connectivity index (χ1n) is 4.82. The highest BCUT2D eigenvalue weighted by Crippen LogP contribution is 2.22. The largest absolute Gasteiger partial charge is 0.468 e. The number of aromatic nitrogens is 3. The van der Waals surface area contributed by atoms with E-state index in [9.17, 15) is 4.79 Å². The molecular weight excluding hydrogens is 262 g/mol. The van der Waals surface area contributed by atoms with Crippen molar-refractivity contribution in [2.45, 2.75) is 12.1 Å². The lowest BCUT2D eigenvalue weighted by Crippen LogP contribution is -2.02. The molecule has 2 aromatic heterocycles. The summed E-state index contributed by atoms with van der Waals surface area (Å²) in [7, 11) is 1.35. The Hall–Kier alpha value is -1.27. The lowest BCUT2D eigenvalue weighted by molar-refractivity contribution is -0.137.